The summed E-state index contributed by atoms with van der Waals surface area (Å²) in [5.74, 6) is 0. The Morgan fingerprint density at radius 1 is 1.16 bits per heavy atom. The zero-order chi connectivity index (χ0) is 13.7. The number of unbranched alkanes of at least 4 members (excludes halogenated alkanes) is 3. The Morgan fingerprint density at radius 3 is 2.74 bits per heavy atom. The molecule has 1 aromatic rings. The van der Waals surface area contributed by atoms with Crippen molar-refractivity contribution in [3.05, 3.63) is 29.8 Å². The monoisotopic (exact) mass is 260 g/mol. The van der Waals surface area contributed by atoms with Gasteiger partial charge in [0.05, 0.1) is 0 Å². The summed E-state index contributed by atoms with van der Waals surface area (Å²) in [6, 6.07) is 8.84. The van der Waals surface area contributed by atoms with Crippen LogP contribution in [-0.2, 0) is 6.54 Å². The smallest absolute Gasteiger partial charge is 0.0412 e. The van der Waals surface area contributed by atoms with Crippen LogP contribution in [-0.4, -0.2) is 18.6 Å². The molecule has 0 aromatic heterocycles. The van der Waals surface area contributed by atoms with Crippen LogP contribution >= 0.6 is 0 Å². The number of nitrogens with one attached hydrogen (secondary N) is 1. The van der Waals surface area contributed by atoms with Gasteiger partial charge in [0.2, 0.25) is 0 Å². The number of benzene rings is 1. The zero-order valence-corrected chi connectivity index (χ0v) is 12.7. The molecule has 0 saturated heterocycles. The molecule has 0 saturated carbocycles. The lowest BCUT2D eigenvalue weighted by Crippen LogP contribution is -2.47. The van der Waals surface area contributed by atoms with E-state index in [4.69, 9.17) is 0 Å². The van der Waals surface area contributed by atoms with Gasteiger partial charge in [-0.3, -0.25) is 0 Å². The van der Waals surface area contributed by atoms with E-state index in [2.05, 4.69) is 55.3 Å². The number of anilines is 1. The standard InChI is InChI=1S/C17H28N2/c1-4-5-6-9-12-19-14-17(2,3)18-13-15-10-7-8-11-16(15)19/h7-8,10-11,18H,4-6,9,12-14H2,1-3H3. The molecule has 0 radical (unpaired) electrons. The van der Waals surface area contributed by atoms with Crippen molar-refractivity contribution in [3.63, 3.8) is 0 Å². The summed E-state index contributed by atoms with van der Waals surface area (Å²) in [5, 5.41) is 3.67. The molecule has 1 N–H and O–H groups in total. The van der Waals surface area contributed by atoms with Crippen LogP contribution in [0.1, 0.15) is 52.0 Å². The molecular formula is C17H28N2. The minimum absolute atomic E-state index is 0.184. The van der Waals surface area contributed by atoms with Gasteiger partial charge in [0.15, 0.2) is 0 Å². The Bertz CT molecular complexity index is 398. The van der Waals surface area contributed by atoms with Crippen LogP contribution in [0.4, 0.5) is 5.69 Å². The summed E-state index contributed by atoms with van der Waals surface area (Å²) in [6.07, 6.45) is 5.32. The predicted octanol–water partition coefficient (Wildman–Crippen LogP) is 3.96. The van der Waals surface area contributed by atoms with Crippen LogP contribution < -0.4 is 10.2 Å². The highest BCUT2D eigenvalue weighted by Gasteiger charge is 2.26. The largest absolute Gasteiger partial charge is 0.369 e. The lowest BCUT2D eigenvalue weighted by molar-refractivity contribution is 0.394. The van der Waals surface area contributed by atoms with E-state index >= 15 is 0 Å². The quantitative estimate of drug-likeness (QED) is 0.806. The SMILES string of the molecule is CCCCCCN1CC(C)(C)NCc2ccccc21. The van der Waals surface area contributed by atoms with Crippen molar-refractivity contribution in [3.8, 4) is 0 Å². The normalized spacial score (nSPS) is 17.9. The maximum atomic E-state index is 3.67. The molecule has 0 unspecified atom stereocenters. The molecule has 2 heteroatoms. The van der Waals surface area contributed by atoms with E-state index in [0.717, 1.165) is 13.1 Å². The maximum Gasteiger partial charge on any atom is 0.0412 e. The van der Waals surface area contributed by atoms with Crippen LogP contribution in [0, 0.1) is 0 Å². The van der Waals surface area contributed by atoms with E-state index < -0.39 is 0 Å². The predicted molar refractivity (Wildman–Crippen MR) is 83.7 cm³/mol. The Hall–Kier alpha value is -1.02. The van der Waals surface area contributed by atoms with Crippen LogP contribution in [0.15, 0.2) is 24.3 Å². The highest BCUT2D eigenvalue weighted by atomic mass is 15.2. The van der Waals surface area contributed by atoms with Gasteiger partial charge in [-0.05, 0) is 31.9 Å². The Morgan fingerprint density at radius 2 is 1.95 bits per heavy atom. The first kappa shape index (κ1) is 14.4. The van der Waals surface area contributed by atoms with Crippen molar-refractivity contribution < 1.29 is 0 Å². The molecule has 1 aromatic carbocycles. The fourth-order valence-corrected chi connectivity index (χ4v) is 2.85. The molecule has 0 fully saturated rings. The Balaban J connectivity index is 2.09. The van der Waals surface area contributed by atoms with E-state index in [1.54, 1.807) is 0 Å². The number of nitrogens with zero attached hydrogens (tertiary/aromatic N) is 1. The number of hydrogen-bond donors (Lipinski definition) is 1. The third-order valence-corrected chi connectivity index (χ3v) is 3.96. The van der Waals surface area contributed by atoms with Gasteiger partial charge in [-0.1, -0.05) is 44.4 Å². The van der Waals surface area contributed by atoms with Crippen LogP contribution in [0.25, 0.3) is 0 Å². The van der Waals surface area contributed by atoms with E-state index in [0.29, 0.717) is 0 Å². The number of fused-ring (bicyclic) bond motifs is 1. The molecule has 2 rings (SSSR count). The third kappa shape index (κ3) is 3.97. The first-order valence-corrected chi connectivity index (χ1v) is 7.70. The summed E-state index contributed by atoms with van der Waals surface area (Å²) in [4.78, 5) is 2.57. The van der Waals surface area contributed by atoms with E-state index in [-0.39, 0.29) is 5.54 Å². The molecule has 0 bridgehead atoms. The second-order valence-corrected chi connectivity index (χ2v) is 6.35. The summed E-state index contributed by atoms with van der Waals surface area (Å²) in [6.45, 7) is 10.1. The second kappa shape index (κ2) is 6.42. The molecule has 19 heavy (non-hydrogen) atoms. The molecular weight excluding hydrogens is 232 g/mol. The molecule has 2 nitrogen and oxygen atoms in total. The van der Waals surface area contributed by atoms with Gasteiger partial charge in [0.25, 0.3) is 0 Å². The van der Waals surface area contributed by atoms with Crippen LogP contribution in [0.5, 0.6) is 0 Å². The fraction of sp³-hybridized carbons (Fsp3) is 0.647. The van der Waals surface area contributed by atoms with Crippen molar-refractivity contribution in [2.75, 3.05) is 18.0 Å². The lowest BCUT2D eigenvalue weighted by Gasteiger charge is -2.32. The first-order valence-electron chi connectivity index (χ1n) is 7.70. The summed E-state index contributed by atoms with van der Waals surface area (Å²) >= 11 is 0. The van der Waals surface area contributed by atoms with Crippen molar-refractivity contribution in [2.45, 2.75) is 58.5 Å². The number of para-hydroxylation sites is 1. The van der Waals surface area contributed by atoms with Gasteiger partial charge in [-0.2, -0.15) is 0 Å². The molecule has 1 heterocycles. The number of hydrogen-bond acceptors (Lipinski definition) is 2. The molecule has 106 valence electrons. The van der Waals surface area contributed by atoms with E-state index in [1.165, 1.54) is 43.5 Å². The lowest BCUT2D eigenvalue weighted by atomic mass is 10.1. The van der Waals surface area contributed by atoms with Gasteiger partial charge >= 0.3 is 0 Å². The molecule has 1 aliphatic heterocycles. The molecule has 0 atom stereocenters. The van der Waals surface area contributed by atoms with Crippen molar-refractivity contribution in [2.24, 2.45) is 0 Å². The molecule has 0 spiro atoms. The summed E-state index contributed by atoms with van der Waals surface area (Å²) < 4.78 is 0. The van der Waals surface area contributed by atoms with Crippen molar-refractivity contribution in [1.82, 2.24) is 5.32 Å². The van der Waals surface area contributed by atoms with E-state index in [1.807, 2.05) is 0 Å². The topological polar surface area (TPSA) is 15.3 Å². The van der Waals surface area contributed by atoms with Gasteiger partial charge in [-0.25, -0.2) is 0 Å². The van der Waals surface area contributed by atoms with Crippen molar-refractivity contribution >= 4 is 5.69 Å². The molecule has 1 aliphatic rings. The number of rotatable bonds is 5. The van der Waals surface area contributed by atoms with Gasteiger partial charge in [-0.15, -0.1) is 0 Å². The summed E-state index contributed by atoms with van der Waals surface area (Å²) in [5.41, 5.74) is 3.05. The second-order valence-electron chi connectivity index (χ2n) is 6.35. The van der Waals surface area contributed by atoms with Gasteiger partial charge in [0.1, 0.15) is 0 Å². The van der Waals surface area contributed by atoms with Crippen LogP contribution in [0.3, 0.4) is 0 Å². The van der Waals surface area contributed by atoms with Gasteiger partial charge < -0.3 is 10.2 Å². The first-order chi connectivity index (χ1) is 9.12. The average Bonchev–Trinajstić information content (AvgIpc) is 2.52. The van der Waals surface area contributed by atoms with Crippen molar-refractivity contribution in [1.29, 1.82) is 0 Å². The Labute approximate surface area is 118 Å². The highest BCUT2D eigenvalue weighted by molar-refractivity contribution is 5.54. The Kier molecular flexibility index (Phi) is 4.87. The zero-order valence-electron chi connectivity index (χ0n) is 12.7. The fourth-order valence-electron chi connectivity index (χ4n) is 2.85. The van der Waals surface area contributed by atoms with Crippen LogP contribution in [0.2, 0.25) is 0 Å². The maximum absolute atomic E-state index is 3.67. The van der Waals surface area contributed by atoms with E-state index in [9.17, 15) is 0 Å². The van der Waals surface area contributed by atoms with Gasteiger partial charge in [0, 0.05) is 30.9 Å². The molecule has 0 amide bonds. The average molecular weight is 260 g/mol. The minimum atomic E-state index is 0.184. The third-order valence-electron chi connectivity index (χ3n) is 3.96. The highest BCUT2D eigenvalue weighted by Crippen LogP contribution is 2.26. The summed E-state index contributed by atoms with van der Waals surface area (Å²) in [7, 11) is 0. The molecule has 0 aliphatic carbocycles. The minimum Gasteiger partial charge on any atom is -0.369 e.